The Bertz CT molecular complexity index is 2510. The zero-order valence-electron chi connectivity index (χ0n) is 34.4. The highest BCUT2D eigenvalue weighted by molar-refractivity contribution is 7.99. The van der Waals surface area contributed by atoms with E-state index in [1.165, 1.54) is 32.1 Å². The van der Waals surface area contributed by atoms with Crippen LogP contribution in [0.3, 0.4) is 0 Å². The van der Waals surface area contributed by atoms with Crippen LogP contribution in [0.15, 0.2) is 54.6 Å². The quantitative estimate of drug-likeness (QED) is 0.119. The predicted octanol–water partition coefficient (Wildman–Crippen LogP) is 5.11. The minimum absolute atomic E-state index is 0.0274. The van der Waals surface area contributed by atoms with Gasteiger partial charge in [0.1, 0.15) is 18.6 Å². The molecule has 61 heavy (non-hydrogen) atoms. The van der Waals surface area contributed by atoms with Gasteiger partial charge in [0.05, 0.1) is 37.6 Å². The van der Waals surface area contributed by atoms with Gasteiger partial charge in [0, 0.05) is 46.7 Å². The number of phenolic OH excluding ortho intramolecular Hbond substituents is 2. The Kier molecular flexibility index (Phi) is 9.67. The van der Waals surface area contributed by atoms with Crippen LogP contribution in [0.4, 0.5) is 0 Å². The number of aromatic hydroxyl groups is 2. The summed E-state index contributed by atoms with van der Waals surface area (Å²) in [5, 5.41) is 38.6. The van der Waals surface area contributed by atoms with Crippen LogP contribution in [0.1, 0.15) is 67.4 Å². The fourth-order valence-electron chi connectivity index (χ4n) is 10.7. The van der Waals surface area contributed by atoms with Crippen LogP contribution >= 0.6 is 11.8 Å². The van der Waals surface area contributed by atoms with E-state index in [1.54, 1.807) is 18.2 Å². The number of carbonyl (C=O) groups is 2. The largest absolute Gasteiger partial charge is 0.504 e. The highest BCUT2D eigenvalue weighted by Gasteiger charge is 2.61. The number of nitrogens with zero attached hydrogens (tertiary/aromatic N) is 2. The van der Waals surface area contributed by atoms with Crippen molar-refractivity contribution in [3.05, 3.63) is 105 Å². The highest BCUT2D eigenvalue weighted by atomic mass is 32.2. The molecule has 318 valence electrons. The first kappa shape index (κ1) is 39.7. The van der Waals surface area contributed by atoms with Crippen LogP contribution in [0.25, 0.3) is 6.08 Å². The van der Waals surface area contributed by atoms with Crippen LogP contribution in [0.5, 0.6) is 40.2 Å². The summed E-state index contributed by atoms with van der Waals surface area (Å²) in [6, 6.07) is 12.4. The molecule has 0 saturated carbocycles. The van der Waals surface area contributed by atoms with Crippen molar-refractivity contribution < 1.29 is 53.3 Å². The molecule has 2 fully saturated rings. The number of hydrogen-bond donors (Lipinski definition) is 4. The molecule has 0 amide bonds. The van der Waals surface area contributed by atoms with Crippen molar-refractivity contribution in [1.82, 2.24) is 15.1 Å². The molecule has 15 heteroatoms. The minimum Gasteiger partial charge on any atom is -0.504 e. The van der Waals surface area contributed by atoms with Gasteiger partial charge in [-0.3, -0.25) is 15.1 Å². The molecule has 1 spiro atoms. The first-order chi connectivity index (χ1) is 29.5. The zero-order chi connectivity index (χ0) is 42.5. The third kappa shape index (κ3) is 5.92. The van der Waals surface area contributed by atoms with Gasteiger partial charge in [-0.15, -0.1) is 11.8 Å². The normalized spacial score (nSPS) is 27.5. The molecular formula is C46H47N3O11S. The number of ether oxygens (including phenoxy) is 6. The lowest BCUT2D eigenvalue weighted by atomic mass is 9.73. The van der Waals surface area contributed by atoms with E-state index in [9.17, 15) is 24.9 Å². The average molecular weight is 850 g/mol. The molecule has 4 N–H and O–H groups in total. The van der Waals surface area contributed by atoms with Crippen molar-refractivity contribution in [3.63, 3.8) is 0 Å². The van der Waals surface area contributed by atoms with E-state index in [0.29, 0.717) is 64.5 Å². The third-order valence-electron chi connectivity index (χ3n) is 13.4. The number of aryl methyl sites for hydroxylation is 1. The molecular weight excluding hydrogens is 803 g/mol. The number of likely N-dealkylation sites (N-methyl/N-ethyl adjacent to an activating group) is 1. The lowest BCUT2D eigenvalue weighted by Gasteiger charge is -2.62. The van der Waals surface area contributed by atoms with Crippen LogP contribution in [-0.4, -0.2) is 102 Å². The van der Waals surface area contributed by atoms with Gasteiger partial charge in [-0.2, -0.15) is 0 Å². The van der Waals surface area contributed by atoms with Gasteiger partial charge < -0.3 is 43.7 Å². The van der Waals surface area contributed by atoms with Crippen LogP contribution in [0, 0.1) is 13.8 Å². The van der Waals surface area contributed by atoms with Crippen molar-refractivity contribution in [2.45, 2.75) is 67.9 Å². The summed E-state index contributed by atoms with van der Waals surface area (Å²) in [5.74, 6) is 0.699. The topological polar surface area (TPSA) is 169 Å². The van der Waals surface area contributed by atoms with E-state index < -0.39 is 53.1 Å². The number of esters is 2. The summed E-state index contributed by atoms with van der Waals surface area (Å²) in [7, 11) is 4.96. The van der Waals surface area contributed by atoms with Gasteiger partial charge in [0.25, 0.3) is 0 Å². The third-order valence-corrected chi connectivity index (χ3v) is 14.9. The van der Waals surface area contributed by atoms with E-state index >= 15 is 0 Å². The molecule has 0 radical (unpaired) electrons. The number of phenols is 2. The van der Waals surface area contributed by atoms with Crippen molar-refractivity contribution in [2.75, 3.05) is 47.0 Å². The van der Waals surface area contributed by atoms with Crippen molar-refractivity contribution in [1.29, 1.82) is 0 Å². The van der Waals surface area contributed by atoms with Crippen molar-refractivity contribution >= 4 is 29.8 Å². The number of rotatable bonds is 5. The fourth-order valence-corrected chi connectivity index (χ4v) is 12.4. The average Bonchev–Trinajstić information content (AvgIpc) is 3.75. The van der Waals surface area contributed by atoms with Crippen LogP contribution in [-0.2, 0) is 32.7 Å². The molecule has 4 bridgehead atoms. The standard InChI is InChI=1S/C46H47N3O11S/c1-22-15-26-16-28-44(53)49-29-19-57-45(54)46(27-18-31(55-4)30(50)17-25(27)13-14-47-46)20-61-43(37(49)36(48(28)3)33(26)38(52)39(22)56-5)35-34(29)42-41(58-21-59-42)23(2)40(35)60-32(51)12-11-24-9-7-6-8-10-24/h6-12,15,17-18,28-29,36-37,43-44,47,50,52-53H,13-14,16,19-21H2,1-5H3/b12-11+/t28-,29-,36-,37?,43-,44+,46-/m1/s1. The highest BCUT2D eigenvalue weighted by Crippen LogP contribution is 2.64. The van der Waals surface area contributed by atoms with Gasteiger partial charge in [0.15, 0.2) is 40.0 Å². The Morgan fingerprint density at radius 3 is 2.54 bits per heavy atom. The maximum atomic E-state index is 14.9. The fraction of sp³-hybridized carbons (Fsp3) is 0.391. The number of methoxy groups -OCH3 is 2. The second-order valence-electron chi connectivity index (χ2n) is 16.5. The maximum absolute atomic E-state index is 14.9. The SMILES string of the molecule is COc1cc2c(cc1O)CCN[C@]21CS[C@@H]2c3c(OC(=O)/C=C/c4ccccc4)c(C)c4c(c3[C@@H](COC1=O)N1C2[C@H]2c3c(cc(C)c(OC)c3O)C[C@H]([C@@H]1O)N2C)OCO4. The Balaban J connectivity index is 1.21. The van der Waals surface area contributed by atoms with Crippen molar-refractivity contribution in [3.8, 4) is 40.2 Å². The molecule has 7 heterocycles. The summed E-state index contributed by atoms with van der Waals surface area (Å²) in [4.78, 5) is 33.0. The first-order valence-electron chi connectivity index (χ1n) is 20.4. The molecule has 4 aromatic rings. The number of benzene rings is 4. The summed E-state index contributed by atoms with van der Waals surface area (Å²) in [6.45, 7) is 3.85. The smallest absolute Gasteiger partial charge is 0.336 e. The molecule has 7 atom stereocenters. The Morgan fingerprint density at radius 1 is 0.984 bits per heavy atom. The Hall–Kier alpha value is -5.45. The molecule has 4 aromatic carbocycles. The van der Waals surface area contributed by atoms with E-state index in [1.807, 2.05) is 62.2 Å². The number of aliphatic hydroxyl groups is 1. The van der Waals surface area contributed by atoms with Gasteiger partial charge in [-0.05, 0) is 79.8 Å². The van der Waals surface area contributed by atoms with Crippen LogP contribution in [0.2, 0.25) is 0 Å². The van der Waals surface area contributed by atoms with E-state index in [4.69, 9.17) is 28.4 Å². The monoisotopic (exact) mass is 849 g/mol. The second-order valence-corrected chi connectivity index (χ2v) is 17.6. The summed E-state index contributed by atoms with van der Waals surface area (Å²) >= 11 is 1.46. The molecule has 0 aromatic heterocycles. The Labute approximate surface area is 356 Å². The number of thioether (sulfide) groups is 1. The summed E-state index contributed by atoms with van der Waals surface area (Å²) < 4.78 is 36.6. The molecule has 2 saturated heterocycles. The lowest BCUT2D eigenvalue weighted by molar-refractivity contribution is -0.186. The molecule has 7 aliphatic rings. The molecule has 0 aliphatic carbocycles. The number of carbonyl (C=O) groups excluding carboxylic acids is 2. The minimum atomic E-state index is -1.39. The summed E-state index contributed by atoms with van der Waals surface area (Å²) in [5.41, 5.74) is 5.00. The van der Waals surface area contributed by atoms with Gasteiger partial charge in [-0.1, -0.05) is 36.4 Å². The summed E-state index contributed by atoms with van der Waals surface area (Å²) in [6.07, 6.45) is 2.99. The van der Waals surface area contributed by atoms with E-state index in [-0.39, 0.29) is 42.2 Å². The molecule has 1 unspecified atom stereocenters. The van der Waals surface area contributed by atoms with Crippen molar-refractivity contribution in [2.24, 2.45) is 0 Å². The molecule has 14 nitrogen and oxygen atoms in total. The van der Waals surface area contributed by atoms with E-state index in [0.717, 1.165) is 22.3 Å². The Morgan fingerprint density at radius 2 is 1.77 bits per heavy atom. The number of piperazine rings is 1. The number of fused-ring (bicyclic) bond motifs is 9. The van der Waals surface area contributed by atoms with E-state index in [2.05, 4.69) is 10.2 Å². The number of nitrogens with one attached hydrogen (secondary N) is 1. The van der Waals surface area contributed by atoms with Gasteiger partial charge in [0.2, 0.25) is 6.79 Å². The first-order valence-corrected chi connectivity index (χ1v) is 21.4. The number of aliphatic hydroxyl groups excluding tert-OH is 1. The second kappa shape index (κ2) is 14.9. The predicted molar refractivity (Wildman–Crippen MR) is 224 cm³/mol. The van der Waals surface area contributed by atoms with Gasteiger partial charge >= 0.3 is 11.9 Å². The molecule has 7 aliphatic heterocycles. The lowest BCUT2D eigenvalue weighted by Crippen LogP contribution is -2.70. The molecule has 11 rings (SSSR count). The van der Waals surface area contributed by atoms with Gasteiger partial charge in [-0.25, -0.2) is 9.59 Å². The maximum Gasteiger partial charge on any atom is 0.336 e. The van der Waals surface area contributed by atoms with Crippen LogP contribution < -0.4 is 29.0 Å². The number of hydrogen-bond acceptors (Lipinski definition) is 15. The zero-order valence-corrected chi connectivity index (χ0v) is 35.2.